The van der Waals surface area contributed by atoms with Crippen LogP contribution >= 0.6 is 0 Å². The van der Waals surface area contributed by atoms with Crippen LogP contribution in [0, 0.1) is 6.92 Å². The molecule has 9 aromatic rings. The maximum atomic E-state index is 6.26. The summed E-state index contributed by atoms with van der Waals surface area (Å²) < 4.78 is 6.26. The van der Waals surface area contributed by atoms with Crippen LogP contribution in [0.2, 0.25) is 0 Å². The average molecular weight is 668 g/mol. The van der Waals surface area contributed by atoms with Crippen LogP contribution < -0.4 is 4.90 Å². The molecule has 0 spiro atoms. The lowest BCUT2D eigenvalue weighted by molar-refractivity contribution is 0.660. The lowest BCUT2D eigenvalue weighted by Crippen LogP contribution is -2.16. The lowest BCUT2D eigenvalue weighted by Gasteiger charge is -2.28. The van der Waals surface area contributed by atoms with Crippen molar-refractivity contribution in [1.82, 2.24) is 0 Å². The molecule has 0 unspecified atom stereocenters. The van der Waals surface area contributed by atoms with Crippen LogP contribution in [0.5, 0.6) is 0 Å². The van der Waals surface area contributed by atoms with Crippen molar-refractivity contribution in [2.45, 2.75) is 26.2 Å². The van der Waals surface area contributed by atoms with Crippen LogP contribution in [0.3, 0.4) is 0 Å². The largest absolute Gasteiger partial charge is 0.456 e. The van der Waals surface area contributed by atoms with Crippen molar-refractivity contribution in [3.05, 3.63) is 187 Å². The van der Waals surface area contributed by atoms with Gasteiger partial charge < -0.3 is 9.32 Å². The third kappa shape index (κ3) is 4.72. The summed E-state index contributed by atoms with van der Waals surface area (Å²) in [6, 6.07) is 61.8. The number of aryl methyl sites for hydroxylation is 1. The van der Waals surface area contributed by atoms with Gasteiger partial charge in [0.2, 0.25) is 0 Å². The van der Waals surface area contributed by atoms with Gasteiger partial charge in [0.1, 0.15) is 11.2 Å². The first-order valence-electron chi connectivity index (χ1n) is 18.1. The number of benzene rings is 8. The van der Waals surface area contributed by atoms with Crippen LogP contribution in [0.15, 0.2) is 174 Å². The van der Waals surface area contributed by atoms with Crippen molar-refractivity contribution in [2.24, 2.45) is 0 Å². The first-order valence-corrected chi connectivity index (χ1v) is 18.1. The molecule has 8 aromatic carbocycles. The fourth-order valence-electron chi connectivity index (χ4n) is 8.52. The lowest BCUT2D eigenvalue weighted by atomic mass is 9.82. The molecular formula is C50H37NO. The first kappa shape index (κ1) is 30.4. The second kappa shape index (κ2) is 11.6. The summed E-state index contributed by atoms with van der Waals surface area (Å²) in [6.45, 7) is 6.95. The smallest absolute Gasteiger partial charge is 0.135 e. The third-order valence-corrected chi connectivity index (χ3v) is 11.2. The number of anilines is 3. The second-order valence-corrected chi connectivity index (χ2v) is 14.6. The monoisotopic (exact) mass is 667 g/mol. The molecule has 0 atom stereocenters. The van der Waals surface area contributed by atoms with Gasteiger partial charge in [-0.2, -0.15) is 0 Å². The summed E-state index contributed by atoms with van der Waals surface area (Å²) in [5, 5.41) is 4.72. The number of rotatable bonds is 5. The van der Waals surface area contributed by atoms with Gasteiger partial charge in [-0.3, -0.25) is 0 Å². The van der Waals surface area contributed by atoms with Crippen molar-refractivity contribution in [1.29, 1.82) is 0 Å². The second-order valence-electron chi connectivity index (χ2n) is 14.6. The molecule has 0 aliphatic heterocycles. The van der Waals surface area contributed by atoms with E-state index in [1.54, 1.807) is 0 Å². The third-order valence-electron chi connectivity index (χ3n) is 11.2. The minimum absolute atomic E-state index is 0.114. The predicted molar refractivity (Wildman–Crippen MR) is 219 cm³/mol. The Morgan fingerprint density at radius 1 is 0.442 bits per heavy atom. The summed E-state index contributed by atoms with van der Waals surface area (Å²) in [6.07, 6.45) is 0. The molecule has 248 valence electrons. The van der Waals surface area contributed by atoms with Crippen LogP contribution in [0.1, 0.15) is 30.5 Å². The first-order chi connectivity index (χ1) is 25.4. The van der Waals surface area contributed by atoms with Crippen LogP contribution in [0.25, 0.3) is 66.1 Å². The van der Waals surface area contributed by atoms with Gasteiger partial charge in [-0.05, 0) is 128 Å². The molecule has 2 nitrogen and oxygen atoms in total. The molecule has 0 N–H and O–H groups in total. The zero-order chi connectivity index (χ0) is 35.0. The highest BCUT2D eigenvalue weighted by Crippen LogP contribution is 2.52. The van der Waals surface area contributed by atoms with Crippen LogP contribution in [-0.2, 0) is 5.41 Å². The highest BCUT2D eigenvalue weighted by Gasteiger charge is 2.36. The highest BCUT2D eigenvalue weighted by molar-refractivity contribution is 6.06. The molecule has 0 fully saturated rings. The highest BCUT2D eigenvalue weighted by atomic mass is 16.3. The molecule has 1 aromatic heterocycles. The summed E-state index contributed by atoms with van der Waals surface area (Å²) in [4.78, 5) is 2.40. The van der Waals surface area contributed by atoms with Gasteiger partial charge in [-0.1, -0.05) is 123 Å². The average Bonchev–Trinajstić information content (AvgIpc) is 3.67. The van der Waals surface area contributed by atoms with Crippen LogP contribution in [0.4, 0.5) is 17.1 Å². The SMILES string of the molecule is Cc1cccc2c1-c1ccc(N(c3ccc(-c4cc5ccccc5cc4-c4ccccc4)cc3)c3ccc4oc5ccccc5c4c3)cc1C2(C)C. The van der Waals surface area contributed by atoms with E-state index in [9.17, 15) is 0 Å². The fourth-order valence-corrected chi connectivity index (χ4v) is 8.52. The standard InChI is InChI=1S/C50H37NO/c1-32-12-11-18-45-49(32)41-26-24-39(31-46(41)50(45,2)3)51(38-25-27-48-44(30-38)40-17-9-10-19-47(40)52-48)37-22-20-34(21-23-37)43-29-36-16-8-7-15-35(36)28-42(43)33-13-5-4-6-14-33/h4-31H,1-3H3. The molecule has 0 saturated heterocycles. The van der Waals surface area contributed by atoms with Gasteiger partial charge in [0.15, 0.2) is 0 Å². The minimum Gasteiger partial charge on any atom is -0.456 e. The van der Waals surface area contributed by atoms with Gasteiger partial charge in [-0.25, -0.2) is 0 Å². The Morgan fingerprint density at radius 3 is 1.83 bits per heavy atom. The summed E-state index contributed by atoms with van der Waals surface area (Å²) in [5.74, 6) is 0. The number of nitrogens with zero attached hydrogens (tertiary/aromatic N) is 1. The molecule has 0 radical (unpaired) electrons. The zero-order valence-electron chi connectivity index (χ0n) is 29.5. The molecule has 52 heavy (non-hydrogen) atoms. The number of hydrogen-bond acceptors (Lipinski definition) is 2. The summed E-state index contributed by atoms with van der Waals surface area (Å²) >= 11 is 0. The molecule has 0 saturated carbocycles. The van der Waals surface area contributed by atoms with E-state index in [1.807, 2.05) is 12.1 Å². The minimum atomic E-state index is -0.114. The fraction of sp³-hybridized carbons (Fsp3) is 0.0800. The van der Waals surface area contributed by atoms with E-state index < -0.39 is 0 Å². The topological polar surface area (TPSA) is 16.4 Å². The van der Waals surface area contributed by atoms with E-state index >= 15 is 0 Å². The Morgan fingerprint density at radius 2 is 1.06 bits per heavy atom. The van der Waals surface area contributed by atoms with E-state index in [2.05, 4.69) is 183 Å². The predicted octanol–water partition coefficient (Wildman–Crippen LogP) is 14.2. The van der Waals surface area contributed by atoms with Crippen molar-refractivity contribution >= 4 is 49.8 Å². The van der Waals surface area contributed by atoms with Gasteiger partial charge in [0.05, 0.1) is 0 Å². The molecule has 2 heteroatoms. The number of fused-ring (bicyclic) bond motifs is 7. The molecular weight excluding hydrogens is 631 g/mol. The van der Waals surface area contributed by atoms with Gasteiger partial charge in [0, 0.05) is 33.2 Å². The maximum Gasteiger partial charge on any atom is 0.135 e. The molecule has 0 bridgehead atoms. The van der Waals surface area contributed by atoms with Gasteiger partial charge in [-0.15, -0.1) is 0 Å². The van der Waals surface area contributed by atoms with Crippen molar-refractivity contribution in [3.8, 4) is 33.4 Å². The van der Waals surface area contributed by atoms with E-state index in [4.69, 9.17) is 4.42 Å². The quantitative estimate of drug-likeness (QED) is 0.182. The Hall–Kier alpha value is -6.38. The molecule has 1 aliphatic carbocycles. The van der Waals surface area contributed by atoms with Crippen molar-refractivity contribution in [3.63, 3.8) is 0 Å². The Kier molecular flexibility index (Phi) is 6.78. The van der Waals surface area contributed by atoms with E-state index in [0.717, 1.165) is 39.0 Å². The maximum absolute atomic E-state index is 6.26. The molecule has 1 aliphatic rings. The molecule has 1 heterocycles. The van der Waals surface area contributed by atoms with Crippen molar-refractivity contribution < 1.29 is 4.42 Å². The zero-order valence-corrected chi connectivity index (χ0v) is 29.5. The van der Waals surface area contributed by atoms with Crippen molar-refractivity contribution in [2.75, 3.05) is 4.90 Å². The Balaban J connectivity index is 1.15. The van der Waals surface area contributed by atoms with Gasteiger partial charge in [0.25, 0.3) is 0 Å². The summed E-state index contributed by atoms with van der Waals surface area (Å²) in [7, 11) is 0. The number of furan rings is 1. The number of para-hydroxylation sites is 1. The summed E-state index contributed by atoms with van der Waals surface area (Å²) in [5.41, 5.74) is 16.6. The van der Waals surface area contributed by atoms with E-state index in [1.165, 1.54) is 60.8 Å². The van der Waals surface area contributed by atoms with Crippen LogP contribution in [-0.4, -0.2) is 0 Å². The normalized spacial score (nSPS) is 13.1. The van der Waals surface area contributed by atoms with E-state index in [0.29, 0.717) is 0 Å². The Labute approximate surface area is 304 Å². The molecule has 10 rings (SSSR count). The van der Waals surface area contributed by atoms with Gasteiger partial charge >= 0.3 is 0 Å². The number of hydrogen-bond donors (Lipinski definition) is 0. The van der Waals surface area contributed by atoms with E-state index in [-0.39, 0.29) is 5.41 Å². The molecule has 0 amide bonds. The Bertz CT molecular complexity index is 2820.